The summed E-state index contributed by atoms with van der Waals surface area (Å²) in [5.74, 6) is 0.797. The molecular weight excluding hydrogens is 274 g/mol. The minimum atomic E-state index is -0.836. The Balaban J connectivity index is 1.85. The molecule has 0 amide bonds. The van der Waals surface area contributed by atoms with Crippen molar-refractivity contribution in [2.45, 2.75) is 18.1 Å². The van der Waals surface area contributed by atoms with Crippen molar-refractivity contribution in [1.82, 2.24) is 14.9 Å². The Morgan fingerprint density at radius 3 is 3.10 bits per heavy atom. The number of hydrogen-bond donors (Lipinski definition) is 2. The number of carbonyl (C=O) groups is 1. The Kier molecular flexibility index (Phi) is 3.93. The van der Waals surface area contributed by atoms with E-state index in [0.717, 1.165) is 35.0 Å². The van der Waals surface area contributed by atoms with Gasteiger partial charge in [-0.1, -0.05) is 23.9 Å². The number of carboxylic acids is 1. The highest BCUT2D eigenvalue weighted by Gasteiger charge is 2.18. The van der Waals surface area contributed by atoms with Crippen LogP contribution in [0.2, 0.25) is 0 Å². The van der Waals surface area contributed by atoms with Gasteiger partial charge in [0.1, 0.15) is 6.54 Å². The summed E-state index contributed by atoms with van der Waals surface area (Å²) in [6, 6.07) is 7.69. The molecule has 3 rings (SSSR count). The summed E-state index contributed by atoms with van der Waals surface area (Å²) in [6.45, 7) is 2.09. The summed E-state index contributed by atoms with van der Waals surface area (Å²) < 4.78 is 1.80. The molecule has 1 unspecified atom stereocenters. The van der Waals surface area contributed by atoms with Crippen molar-refractivity contribution in [2.24, 2.45) is 5.92 Å². The van der Waals surface area contributed by atoms with E-state index in [1.54, 1.807) is 16.3 Å². The van der Waals surface area contributed by atoms with E-state index < -0.39 is 5.97 Å². The summed E-state index contributed by atoms with van der Waals surface area (Å²) >= 11 is 1.66. The van der Waals surface area contributed by atoms with Gasteiger partial charge in [0.2, 0.25) is 0 Å². The van der Waals surface area contributed by atoms with Crippen LogP contribution in [-0.2, 0) is 11.3 Å². The van der Waals surface area contributed by atoms with Gasteiger partial charge in [-0.3, -0.25) is 4.79 Å². The predicted molar refractivity (Wildman–Crippen MR) is 79.1 cm³/mol. The Bertz CT molecular complexity index is 620. The topological polar surface area (TPSA) is 67.2 Å². The first kappa shape index (κ1) is 13.5. The van der Waals surface area contributed by atoms with Gasteiger partial charge in [-0.05, 0) is 37.6 Å². The summed E-state index contributed by atoms with van der Waals surface area (Å²) in [6.07, 6.45) is 1.19. The van der Waals surface area contributed by atoms with Crippen molar-refractivity contribution in [3.05, 3.63) is 24.3 Å². The van der Waals surface area contributed by atoms with Gasteiger partial charge in [-0.25, -0.2) is 4.98 Å². The van der Waals surface area contributed by atoms with E-state index in [0.29, 0.717) is 5.92 Å². The van der Waals surface area contributed by atoms with E-state index in [-0.39, 0.29) is 6.54 Å². The normalized spacial score (nSPS) is 18.7. The van der Waals surface area contributed by atoms with Crippen LogP contribution in [0, 0.1) is 5.92 Å². The number of imidazole rings is 1. The second-order valence-corrected chi connectivity index (χ2v) is 6.02. The molecule has 2 N–H and O–H groups in total. The number of nitrogens with one attached hydrogen (secondary N) is 1. The summed E-state index contributed by atoms with van der Waals surface area (Å²) in [5.41, 5.74) is 1.75. The fourth-order valence-electron chi connectivity index (χ4n) is 2.50. The van der Waals surface area contributed by atoms with E-state index in [4.69, 9.17) is 5.11 Å². The number of nitrogens with zero attached hydrogens (tertiary/aromatic N) is 2. The quantitative estimate of drug-likeness (QED) is 0.823. The maximum absolute atomic E-state index is 11.1. The lowest BCUT2D eigenvalue weighted by atomic mass is 10.2. The Labute approximate surface area is 121 Å². The van der Waals surface area contributed by atoms with Crippen LogP contribution in [0.3, 0.4) is 0 Å². The molecule has 0 aliphatic carbocycles. The molecule has 2 heterocycles. The number of carboxylic acid groups (broad SMARTS) is 1. The second kappa shape index (κ2) is 5.85. The van der Waals surface area contributed by atoms with Crippen LogP contribution in [0.25, 0.3) is 11.0 Å². The fraction of sp³-hybridized carbons (Fsp3) is 0.429. The van der Waals surface area contributed by atoms with Gasteiger partial charge in [0.25, 0.3) is 0 Å². The molecule has 1 aliphatic heterocycles. The van der Waals surface area contributed by atoms with Crippen LogP contribution in [0.15, 0.2) is 29.4 Å². The zero-order valence-electron chi connectivity index (χ0n) is 11.1. The first-order valence-corrected chi connectivity index (χ1v) is 7.73. The zero-order valence-corrected chi connectivity index (χ0v) is 11.9. The van der Waals surface area contributed by atoms with Gasteiger partial charge >= 0.3 is 5.97 Å². The van der Waals surface area contributed by atoms with Crippen LogP contribution >= 0.6 is 11.8 Å². The monoisotopic (exact) mass is 291 g/mol. The van der Waals surface area contributed by atoms with Gasteiger partial charge in [0.15, 0.2) is 5.16 Å². The molecule has 0 saturated carbocycles. The molecule has 1 aromatic carbocycles. The molecule has 1 aromatic heterocycles. The molecule has 0 bridgehead atoms. The van der Waals surface area contributed by atoms with Crippen molar-refractivity contribution in [3.63, 3.8) is 0 Å². The lowest BCUT2D eigenvalue weighted by molar-refractivity contribution is -0.137. The smallest absolute Gasteiger partial charge is 0.323 e. The molecule has 2 aromatic rings. The molecule has 1 atom stereocenters. The summed E-state index contributed by atoms with van der Waals surface area (Å²) in [5, 5.41) is 13.2. The fourth-order valence-corrected chi connectivity index (χ4v) is 3.65. The third kappa shape index (κ3) is 2.81. The molecular formula is C14H17N3O2S. The standard InChI is InChI=1S/C14H17N3O2S/c18-13(19)8-17-12-4-2-1-3-11(12)16-14(17)20-9-10-5-6-15-7-10/h1-4,10,15H,5-9H2,(H,18,19). The number of hydrogen-bond acceptors (Lipinski definition) is 4. The predicted octanol–water partition coefficient (Wildman–Crippen LogP) is 1.82. The van der Waals surface area contributed by atoms with E-state index >= 15 is 0 Å². The minimum Gasteiger partial charge on any atom is -0.480 e. The first-order valence-electron chi connectivity index (χ1n) is 6.74. The van der Waals surface area contributed by atoms with Crippen molar-refractivity contribution in [3.8, 4) is 0 Å². The number of aliphatic carboxylic acids is 1. The van der Waals surface area contributed by atoms with Crippen LogP contribution in [-0.4, -0.2) is 39.5 Å². The van der Waals surface area contributed by atoms with Crippen LogP contribution in [0.1, 0.15) is 6.42 Å². The average molecular weight is 291 g/mol. The van der Waals surface area contributed by atoms with Gasteiger partial charge in [0.05, 0.1) is 11.0 Å². The Morgan fingerprint density at radius 2 is 2.35 bits per heavy atom. The highest BCUT2D eigenvalue weighted by Crippen LogP contribution is 2.26. The SMILES string of the molecule is O=C(O)Cn1c(SCC2CCNC2)nc2ccccc21. The molecule has 20 heavy (non-hydrogen) atoms. The number of thioether (sulfide) groups is 1. The largest absolute Gasteiger partial charge is 0.480 e. The number of rotatable bonds is 5. The van der Waals surface area contributed by atoms with Gasteiger partial charge in [-0.15, -0.1) is 0 Å². The second-order valence-electron chi connectivity index (χ2n) is 5.03. The maximum Gasteiger partial charge on any atom is 0.323 e. The average Bonchev–Trinajstić information content (AvgIpc) is 3.04. The van der Waals surface area contributed by atoms with E-state index in [1.807, 2.05) is 24.3 Å². The van der Waals surface area contributed by atoms with Crippen molar-refractivity contribution in [1.29, 1.82) is 0 Å². The minimum absolute atomic E-state index is 0.0359. The summed E-state index contributed by atoms with van der Waals surface area (Å²) in [7, 11) is 0. The lowest BCUT2D eigenvalue weighted by Gasteiger charge is -2.09. The van der Waals surface area contributed by atoms with Gasteiger partial charge in [0, 0.05) is 5.75 Å². The zero-order chi connectivity index (χ0) is 13.9. The molecule has 6 heteroatoms. The Hall–Kier alpha value is -1.53. The third-order valence-electron chi connectivity index (χ3n) is 3.52. The molecule has 1 saturated heterocycles. The highest BCUT2D eigenvalue weighted by molar-refractivity contribution is 7.99. The van der Waals surface area contributed by atoms with Gasteiger partial charge in [-0.2, -0.15) is 0 Å². The number of para-hydroxylation sites is 2. The maximum atomic E-state index is 11.1. The third-order valence-corrected chi connectivity index (χ3v) is 4.73. The molecule has 5 nitrogen and oxygen atoms in total. The van der Waals surface area contributed by atoms with Crippen molar-refractivity contribution < 1.29 is 9.90 Å². The molecule has 1 fully saturated rings. The van der Waals surface area contributed by atoms with Crippen LogP contribution < -0.4 is 5.32 Å². The summed E-state index contributed by atoms with van der Waals surface area (Å²) in [4.78, 5) is 15.6. The van der Waals surface area contributed by atoms with Crippen LogP contribution in [0.5, 0.6) is 0 Å². The van der Waals surface area contributed by atoms with E-state index in [1.165, 1.54) is 6.42 Å². The Morgan fingerprint density at radius 1 is 1.50 bits per heavy atom. The number of fused-ring (bicyclic) bond motifs is 1. The first-order chi connectivity index (χ1) is 9.74. The number of benzene rings is 1. The van der Waals surface area contributed by atoms with Crippen LogP contribution in [0.4, 0.5) is 0 Å². The molecule has 1 aliphatic rings. The molecule has 0 spiro atoms. The van der Waals surface area contributed by atoms with Crippen molar-refractivity contribution >= 4 is 28.8 Å². The van der Waals surface area contributed by atoms with E-state index in [9.17, 15) is 4.79 Å². The van der Waals surface area contributed by atoms with E-state index in [2.05, 4.69) is 10.3 Å². The highest BCUT2D eigenvalue weighted by atomic mass is 32.2. The molecule has 106 valence electrons. The molecule has 0 radical (unpaired) electrons. The van der Waals surface area contributed by atoms with Gasteiger partial charge < -0.3 is 15.0 Å². The lowest BCUT2D eigenvalue weighted by Crippen LogP contribution is -2.12. The number of aromatic nitrogens is 2. The van der Waals surface area contributed by atoms with Crippen molar-refractivity contribution in [2.75, 3.05) is 18.8 Å².